The molecule has 0 saturated carbocycles. The molecule has 0 fully saturated rings. The molecule has 0 aliphatic rings. The largest absolute Gasteiger partial charge is 0.480 e. The van der Waals surface area contributed by atoms with Gasteiger partial charge >= 0.3 is 5.97 Å². The van der Waals surface area contributed by atoms with Crippen LogP contribution in [0.1, 0.15) is 0 Å². The Balaban J connectivity index is -0.000000320. The predicted molar refractivity (Wildman–Crippen MR) is 45.0 cm³/mol. The Labute approximate surface area is 77.0 Å². The van der Waals surface area contributed by atoms with Crippen LogP contribution in [0.3, 0.4) is 0 Å². The number of nitrogens with one attached hydrogen (secondary N) is 1. The van der Waals surface area contributed by atoms with Crippen molar-refractivity contribution in [3.63, 3.8) is 0 Å². The minimum absolute atomic E-state index is 0. The first kappa shape index (κ1) is 17.2. The van der Waals surface area contributed by atoms with Gasteiger partial charge in [-0.15, -0.1) is 24.8 Å². The summed E-state index contributed by atoms with van der Waals surface area (Å²) in [6.45, 7) is 0. The molecular weight excluding hydrogens is 217 g/mol. The van der Waals surface area contributed by atoms with E-state index in [1.54, 1.807) is 0 Å². The molecule has 0 aromatic carbocycles. The third-order valence-electron chi connectivity index (χ3n) is 0.624. The lowest BCUT2D eigenvalue weighted by molar-refractivity contribution is -0.134. The number of hydrogen-bond donors (Lipinski definition) is 2. The number of rotatable bonds is 3. The van der Waals surface area contributed by atoms with Crippen LogP contribution in [0.4, 0.5) is 0 Å². The van der Waals surface area contributed by atoms with E-state index in [4.69, 9.17) is 5.11 Å². The monoisotopic (exact) mass is 225 g/mol. The molecule has 0 aliphatic carbocycles. The first-order valence-electron chi connectivity index (χ1n) is 2.11. The Kier molecular flexibility index (Phi) is 10.4. The predicted octanol–water partition coefficient (Wildman–Crippen LogP) is -0.536. The molecule has 2 N–H and O–H groups in total. The van der Waals surface area contributed by atoms with Crippen LogP contribution < -0.4 is 4.72 Å². The molecule has 8 heteroatoms. The first-order chi connectivity index (χ1) is 3.98. The fourth-order valence-electron chi connectivity index (χ4n) is 0.235. The van der Waals surface area contributed by atoms with Crippen LogP contribution in [0, 0.1) is 0 Å². The summed E-state index contributed by atoms with van der Waals surface area (Å²) in [5, 5.41) is 7.96. The molecule has 11 heavy (non-hydrogen) atoms. The normalized spacial score (nSPS) is 9.18. The minimum Gasteiger partial charge on any atom is -0.480 e. The van der Waals surface area contributed by atoms with Crippen molar-refractivity contribution in [1.29, 1.82) is 0 Å². The molecule has 0 radical (unpaired) electrons. The molecular formula is C3H9Cl2NO4S. The second kappa shape index (κ2) is 6.66. The highest BCUT2D eigenvalue weighted by Crippen LogP contribution is 1.79. The number of carboxylic acids is 1. The molecule has 0 saturated heterocycles. The Morgan fingerprint density at radius 3 is 1.91 bits per heavy atom. The standard InChI is InChI=1S/C3H7NO4S.2ClH/c1-4-9(7,8)2-3(5)6;;/h4H,2H2,1H3,(H,5,6);2*1H. The van der Waals surface area contributed by atoms with E-state index in [0.717, 1.165) is 7.05 Å². The van der Waals surface area contributed by atoms with Crippen molar-refractivity contribution in [2.24, 2.45) is 0 Å². The van der Waals surface area contributed by atoms with Crippen molar-refractivity contribution in [3.8, 4) is 0 Å². The third kappa shape index (κ3) is 9.96. The molecule has 0 bridgehead atoms. The summed E-state index contributed by atoms with van der Waals surface area (Å²) >= 11 is 0. The average molecular weight is 226 g/mol. The summed E-state index contributed by atoms with van der Waals surface area (Å²) < 4.78 is 22.5. The molecule has 0 aromatic heterocycles. The Morgan fingerprint density at radius 1 is 1.45 bits per heavy atom. The quantitative estimate of drug-likeness (QED) is 0.677. The summed E-state index contributed by atoms with van der Waals surface area (Å²) in [7, 11) is -2.40. The highest BCUT2D eigenvalue weighted by atomic mass is 35.5. The Bertz CT molecular complexity index is 201. The maximum absolute atomic E-state index is 10.3. The van der Waals surface area contributed by atoms with Gasteiger partial charge in [0.05, 0.1) is 0 Å². The SMILES string of the molecule is CNS(=O)(=O)CC(=O)O.Cl.Cl. The second-order valence-corrected chi connectivity index (χ2v) is 3.28. The number of hydrogen-bond acceptors (Lipinski definition) is 3. The van der Waals surface area contributed by atoms with Crippen LogP contribution in [0.25, 0.3) is 0 Å². The molecule has 0 amide bonds. The van der Waals surface area contributed by atoms with Gasteiger partial charge in [0, 0.05) is 0 Å². The average Bonchev–Trinajstić information content (AvgIpc) is 1.63. The molecule has 0 heterocycles. The zero-order valence-electron chi connectivity index (χ0n) is 5.60. The minimum atomic E-state index is -3.57. The van der Waals surface area contributed by atoms with Crippen molar-refractivity contribution < 1.29 is 18.3 Å². The fourth-order valence-corrected chi connectivity index (χ4v) is 0.704. The van der Waals surface area contributed by atoms with E-state index in [0.29, 0.717) is 0 Å². The highest BCUT2D eigenvalue weighted by molar-refractivity contribution is 7.90. The number of aliphatic carboxylic acids is 1. The molecule has 5 nitrogen and oxygen atoms in total. The van der Waals surface area contributed by atoms with Gasteiger partial charge in [-0.25, -0.2) is 13.1 Å². The summed E-state index contributed by atoms with van der Waals surface area (Å²) in [6.07, 6.45) is 0. The molecule has 0 atom stereocenters. The smallest absolute Gasteiger partial charge is 0.320 e. The second-order valence-electron chi connectivity index (χ2n) is 1.36. The van der Waals surface area contributed by atoms with Crippen molar-refractivity contribution in [2.75, 3.05) is 12.8 Å². The van der Waals surface area contributed by atoms with E-state index in [9.17, 15) is 13.2 Å². The number of sulfonamides is 1. The lowest BCUT2D eigenvalue weighted by Gasteiger charge is -1.94. The maximum Gasteiger partial charge on any atom is 0.320 e. The van der Waals surface area contributed by atoms with Gasteiger partial charge in [-0.2, -0.15) is 0 Å². The Hall–Kier alpha value is -0.0400. The van der Waals surface area contributed by atoms with Crippen molar-refractivity contribution in [1.82, 2.24) is 4.72 Å². The summed E-state index contributed by atoms with van der Waals surface area (Å²) in [5.41, 5.74) is 0. The van der Waals surface area contributed by atoms with Gasteiger partial charge in [0.2, 0.25) is 10.0 Å². The van der Waals surface area contributed by atoms with Crippen LogP contribution in [0.5, 0.6) is 0 Å². The van der Waals surface area contributed by atoms with E-state index in [1.165, 1.54) is 0 Å². The van der Waals surface area contributed by atoms with Gasteiger partial charge in [-0.05, 0) is 7.05 Å². The third-order valence-corrected chi connectivity index (χ3v) is 1.87. The molecule has 0 unspecified atom stereocenters. The highest BCUT2D eigenvalue weighted by Gasteiger charge is 2.11. The van der Waals surface area contributed by atoms with E-state index < -0.39 is 21.7 Å². The van der Waals surface area contributed by atoms with Crippen LogP contribution in [-0.4, -0.2) is 32.3 Å². The van der Waals surface area contributed by atoms with Crippen LogP contribution in [-0.2, 0) is 14.8 Å². The van der Waals surface area contributed by atoms with Gasteiger partial charge in [0.25, 0.3) is 0 Å². The maximum atomic E-state index is 10.3. The van der Waals surface area contributed by atoms with Gasteiger partial charge < -0.3 is 5.11 Å². The van der Waals surface area contributed by atoms with Gasteiger partial charge in [-0.3, -0.25) is 4.79 Å². The molecule has 0 aromatic rings. The molecule has 0 aliphatic heterocycles. The summed E-state index contributed by atoms with van der Waals surface area (Å²) in [5.74, 6) is -2.23. The van der Waals surface area contributed by atoms with Crippen LogP contribution >= 0.6 is 24.8 Å². The number of carboxylic acid groups (broad SMARTS) is 1. The van der Waals surface area contributed by atoms with E-state index in [-0.39, 0.29) is 24.8 Å². The summed E-state index contributed by atoms with van der Waals surface area (Å²) in [6, 6.07) is 0. The van der Waals surface area contributed by atoms with Crippen molar-refractivity contribution in [2.45, 2.75) is 0 Å². The zero-order valence-corrected chi connectivity index (χ0v) is 8.05. The van der Waals surface area contributed by atoms with Crippen molar-refractivity contribution >= 4 is 40.8 Å². The fraction of sp³-hybridized carbons (Fsp3) is 0.667. The lowest BCUT2D eigenvalue weighted by Crippen LogP contribution is -2.26. The molecule has 0 rings (SSSR count). The van der Waals surface area contributed by atoms with E-state index >= 15 is 0 Å². The lowest BCUT2D eigenvalue weighted by atomic mass is 10.8. The van der Waals surface area contributed by atoms with Crippen molar-refractivity contribution in [3.05, 3.63) is 0 Å². The van der Waals surface area contributed by atoms with Gasteiger partial charge in [-0.1, -0.05) is 0 Å². The first-order valence-corrected chi connectivity index (χ1v) is 3.76. The van der Waals surface area contributed by atoms with Gasteiger partial charge in [0.1, 0.15) is 0 Å². The van der Waals surface area contributed by atoms with E-state index in [1.807, 2.05) is 4.72 Å². The zero-order chi connectivity index (χ0) is 7.49. The molecule has 0 spiro atoms. The van der Waals surface area contributed by atoms with Crippen LogP contribution in [0.15, 0.2) is 0 Å². The molecule has 70 valence electrons. The topological polar surface area (TPSA) is 83.5 Å². The van der Waals surface area contributed by atoms with Gasteiger partial charge in [0.15, 0.2) is 5.75 Å². The summed E-state index contributed by atoms with van der Waals surface area (Å²) in [4.78, 5) is 9.75. The van der Waals surface area contributed by atoms with Crippen LogP contribution in [0.2, 0.25) is 0 Å². The Morgan fingerprint density at radius 2 is 1.82 bits per heavy atom. The number of halogens is 2. The number of carbonyl (C=O) groups is 1. The van der Waals surface area contributed by atoms with E-state index in [2.05, 4.69) is 0 Å².